The molecule has 26 heavy (non-hydrogen) atoms. The lowest BCUT2D eigenvalue weighted by Crippen LogP contribution is -2.40. The average Bonchev–Trinajstić information content (AvgIpc) is 2.62. The van der Waals surface area contributed by atoms with Crippen molar-refractivity contribution in [2.45, 2.75) is 6.92 Å². The quantitative estimate of drug-likeness (QED) is 0.838. The van der Waals surface area contributed by atoms with Crippen LogP contribution < -0.4 is 5.32 Å². The van der Waals surface area contributed by atoms with Crippen molar-refractivity contribution < 1.29 is 12.8 Å². The molecule has 1 aromatic heterocycles. The van der Waals surface area contributed by atoms with Crippen LogP contribution in [0.4, 0.5) is 10.1 Å². The van der Waals surface area contributed by atoms with Gasteiger partial charge in [-0.05, 0) is 24.6 Å². The van der Waals surface area contributed by atoms with Crippen molar-refractivity contribution in [2.75, 3.05) is 42.2 Å². The number of aryl methyl sites for hydroxylation is 1. The largest absolute Gasteiger partial charge is 0.382 e. The number of halogens is 1. The molecule has 1 N–H and O–H groups in total. The fourth-order valence-corrected chi connectivity index (χ4v) is 5.46. The molecule has 0 spiro atoms. The van der Waals surface area contributed by atoms with E-state index in [1.807, 2.05) is 6.07 Å². The summed E-state index contributed by atoms with van der Waals surface area (Å²) in [6, 6.07) is 4.72. The first-order valence-corrected chi connectivity index (χ1v) is 11.0. The Balaban J connectivity index is 1.83. The Morgan fingerprint density at radius 3 is 2.81 bits per heavy atom. The predicted octanol–water partition coefficient (Wildman–Crippen LogP) is 2.34. The second-order valence-electron chi connectivity index (χ2n) is 6.03. The molecule has 2 aromatic rings. The molecule has 1 saturated heterocycles. The van der Waals surface area contributed by atoms with E-state index in [0.29, 0.717) is 35.2 Å². The van der Waals surface area contributed by atoms with Crippen LogP contribution in [0.25, 0.3) is 10.9 Å². The molecule has 1 fully saturated rings. The van der Waals surface area contributed by atoms with E-state index in [0.717, 1.165) is 11.5 Å². The molecule has 0 atom stereocenters. The zero-order valence-corrected chi connectivity index (χ0v) is 16.0. The van der Waals surface area contributed by atoms with Gasteiger partial charge in [-0.25, -0.2) is 17.1 Å². The number of nitrogens with one attached hydrogen (secondary N) is 1. The minimum Gasteiger partial charge on any atom is -0.382 e. The molecule has 0 amide bonds. The van der Waals surface area contributed by atoms with E-state index < -0.39 is 15.8 Å². The number of anilines is 1. The molecule has 3 rings (SSSR count). The maximum absolute atomic E-state index is 13.8. The Kier molecular flexibility index (Phi) is 5.65. The minimum absolute atomic E-state index is 0.0827. The highest BCUT2D eigenvalue weighted by atomic mass is 32.2. The molecule has 0 unspecified atom stereocenters. The van der Waals surface area contributed by atoms with Gasteiger partial charge in [-0.1, -0.05) is 0 Å². The Bertz CT molecular complexity index is 967. The molecule has 1 aromatic carbocycles. The first-order chi connectivity index (χ1) is 12.4. The van der Waals surface area contributed by atoms with Crippen LogP contribution in [0.3, 0.4) is 0 Å². The van der Waals surface area contributed by atoms with Crippen molar-refractivity contribution >= 4 is 38.4 Å². The minimum atomic E-state index is -3.36. The van der Waals surface area contributed by atoms with Crippen LogP contribution >= 0.6 is 11.8 Å². The van der Waals surface area contributed by atoms with E-state index in [1.165, 1.54) is 22.6 Å². The normalized spacial score (nSPS) is 15.7. The Labute approximate surface area is 156 Å². The lowest BCUT2D eigenvalue weighted by molar-refractivity contribution is 0.444. The molecule has 9 heteroatoms. The predicted molar refractivity (Wildman–Crippen MR) is 102 cm³/mol. The molecule has 138 valence electrons. The zero-order valence-electron chi connectivity index (χ0n) is 14.3. The van der Waals surface area contributed by atoms with Gasteiger partial charge in [0.05, 0.1) is 22.5 Å². The third-order valence-corrected chi connectivity index (χ3v) is 7.09. The second-order valence-corrected chi connectivity index (χ2v) is 9.34. The first kappa shape index (κ1) is 18.9. The average molecular weight is 394 g/mol. The van der Waals surface area contributed by atoms with Gasteiger partial charge in [0.1, 0.15) is 11.9 Å². The second kappa shape index (κ2) is 7.78. The van der Waals surface area contributed by atoms with E-state index in [9.17, 15) is 18.1 Å². The summed E-state index contributed by atoms with van der Waals surface area (Å²) in [5.41, 5.74) is 1.92. The zero-order chi connectivity index (χ0) is 18.7. The summed E-state index contributed by atoms with van der Waals surface area (Å²) < 4.78 is 40.2. The maximum atomic E-state index is 13.8. The summed E-state index contributed by atoms with van der Waals surface area (Å²) >= 11 is 1.74. The molecule has 2 heterocycles. The van der Waals surface area contributed by atoms with E-state index in [-0.39, 0.29) is 17.9 Å². The summed E-state index contributed by atoms with van der Waals surface area (Å²) in [7, 11) is -3.36. The molecule has 0 radical (unpaired) electrons. The third kappa shape index (κ3) is 3.92. The third-order valence-electron chi connectivity index (χ3n) is 4.27. The topological polar surface area (TPSA) is 86.1 Å². The fraction of sp³-hybridized carbons (Fsp3) is 0.412. The van der Waals surface area contributed by atoms with E-state index in [1.54, 1.807) is 18.7 Å². The van der Waals surface area contributed by atoms with Gasteiger partial charge in [0.25, 0.3) is 0 Å². The number of thioether (sulfide) groups is 1. The number of nitrogens with zero attached hydrogens (tertiary/aromatic N) is 3. The lowest BCUT2D eigenvalue weighted by Gasteiger charge is -2.25. The number of hydrogen-bond acceptors (Lipinski definition) is 6. The van der Waals surface area contributed by atoms with Crippen LogP contribution in [-0.2, 0) is 10.0 Å². The van der Waals surface area contributed by atoms with Gasteiger partial charge in [0.2, 0.25) is 10.0 Å². The van der Waals surface area contributed by atoms with Crippen LogP contribution in [-0.4, -0.2) is 54.6 Å². The Morgan fingerprint density at radius 2 is 2.12 bits per heavy atom. The molecule has 1 aliphatic rings. The number of sulfonamides is 1. The number of fused-ring (bicyclic) bond motifs is 1. The van der Waals surface area contributed by atoms with Gasteiger partial charge < -0.3 is 5.32 Å². The van der Waals surface area contributed by atoms with Crippen molar-refractivity contribution in [3.05, 3.63) is 35.3 Å². The Hall–Kier alpha value is -1.89. The van der Waals surface area contributed by atoms with Crippen molar-refractivity contribution in [1.29, 1.82) is 5.26 Å². The highest BCUT2D eigenvalue weighted by Crippen LogP contribution is 2.28. The van der Waals surface area contributed by atoms with E-state index in [2.05, 4.69) is 10.3 Å². The summed E-state index contributed by atoms with van der Waals surface area (Å²) in [6.45, 7) is 2.93. The molecular weight excluding hydrogens is 375 g/mol. The van der Waals surface area contributed by atoms with Crippen molar-refractivity contribution in [2.24, 2.45) is 0 Å². The molecule has 6 nitrogen and oxygen atoms in total. The Morgan fingerprint density at radius 1 is 1.38 bits per heavy atom. The van der Waals surface area contributed by atoms with Crippen LogP contribution in [0.1, 0.15) is 11.1 Å². The highest BCUT2D eigenvalue weighted by molar-refractivity contribution is 7.99. The lowest BCUT2D eigenvalue weighted by atomic mass is 10.1. The molecule has 0 bridgehead atoms. The first-order valence-electron chi connectivity index (χ1n) is 8.21. The van der Waals surface area contributed by atoms with Gasteiger partial charge in [-0.2, -0.15) is 17.0 Å². The highest BCUT2D eigenvalue weighted by Gasteiger charge is 2.24. The monoisotopic (exact) mass is 394 g/mol. The molecule has 0 aliphatic carbocycles. The number of pyridine rings is 1. The van der Waals surface area contributed by atoms with Crippen LogP contribution in [0.15, 0.2) is 18.3 Å². The summed E-state index contributed by atoms with van der Waals surface area (Å²) in [5, 5.41) is 12.8. The summed E-state index contributed by atoms with van der Waals surface area (Å²) in [5.74, 6) is 1.10. The van der Waals surface area contributed by atoms with Crippen LogP contribution in [0.2, 0.25) is 0 Å². The number of benzene rings is 1. The number of nitriles is 1. The number of rotatable bonds is 5. The maximum Gasteiger partial charge on any atom is 0.215 e. The van der Waals surface area contributed by atoms with Gasteiger partial charge in [0.15, 0.2) is 0 Å². The van der Waals surface area contributed by atoms with Crippen LogP contribution in [0, 0.1) is 24.1 Å². The molecular formula is C17H19FN4O2S2. The van der Waals surface area contributed by atoms with Gasteiger partial charge in [0, 0.05) is 42.7 Å². The smallest absolute Gasteiger partial charge is 0.215 e. The molecule has 1 aliphatic heterocycles. The van der Waals surface area contributed by atoms with E-state index in [4.69, 9.17) is 0 Å². The van der Waals surface area contributed by atoms with Crippen molar-refractivity contribution in [1.82, 2.24) is 9.29 Å². The number of hydrogen-bond donors (Lipinski definition) is 1. The van der Waals surface area contributed by atoms with Gasteiger partial charge in [-0.3, -0.25) is 4.98 Å². The summed E-state index contributed by atoms with van der Waals surface area (Å²) in [4.78, 5) is 4.23. The standard InChI is InChI=1S/C17H19FN4O2S2/c1-12-8-14(18)9-15-16(12)21-11-13(10-19)17(15)20-2-7-26(23,24)22-3-5-25-6-4-22/h8-9,11H,2-7H2,1H3,(H,20,21). The van der Waals surface area contributed by atoms with Gasteiger partial charge >= 0.3 is 0 Å². The molecule has 0 saturated carbocycles. The number of aromatic nitrogens is 1. The van der Waals surface area contributed by atoms with Crippen molar-refractivity contribution in [3.8, 4) is 6.07 Å². The van der Waals surface area contributed by atoms with Gasteiger partial charge in [-0.15, -0.1) is 0 Å². The fourth-order valence-electron chi connectivity index (χ4n) is 2.97. The summed E-state index contributed by atoms with van der Waals surface area (Å²) in [6.07, 6.45) is 1.42. The SMILES string of the molecule is Cc1cc(F)cc2c(NCCS(=O)(=O)N3CCSCC3)c(C#N)cnc12. The van der Waals surface area contributed by atoms with E-state index >= 15 is 0 Å². The van der Waals surface area contributed by atoms with Crippen molar-refractivity contribution in [3.63, 3.8) is 0 Å². The van der Waals surface area contributed by atoms with Crippen LogP contribution in [0.5, 0.6) is 0 Å².